The molecule has 1 aromatic carbocycles. The highest BCUT2D eigenvalue weighted by atomic mass is 32.2. The normalized spacial score (nSPS) is 19.7. The maximum absolute atomic E-state index is 12.3. The van der Waals surface area contributed by atoms with Gasteiger partial charge in [0.15, 0.2) is 0 Å². The van der Waals surface area contributed by atoms with Crippen LogP contribution in [0.5, 0.6) is 0 Å². The molecular weight excluding hydrogens is 354 g/mol. The molecule has 0 bridgehead atoms. The van der Waals surface area contributed by atoms with E-state index in [1.165, 1.54) is 23.7 Å². The minimum atomic E-state index is -0.734. The molecule has 136 valence electrons. The van der Waals surface area contributed by atoms with E-state index in [-0.39, 0.29) is 17.6 Å². The van der Waals surface area contributed by atoms with Gasteiger partial charge in [-0.05, 0) is 17.3 Å². The number of carbonyl (C=O) groups excluding carboxylic acids is 3. The van der Waals surface area contributed by atoms with Crippen molar-refractivity contribution in [2.24, 2.45) is 4.99 Å². The smallest absolute Gasteiger partial charge is 0.351 e. The Bertz CT molecular complexity index is 821. The maximum atomic E-state index is 12.3. The minimum absolute atomic E-state index is 0.122. The minimum Gasteiger partial charge on any atom is -0.351 e. The summed E-state index contributed by atoms with van der Waals surface area (Å²) in [6, 6.07) is 8.52. The van der Waals surface area contributed by atoms with Gasteiger partial charge in [0.1, 0.15) is 0 Å². The second-order valence-corrected chi connectivity index (χ2v) is 6.96. The van der Waals surface area contributed by atoms with Gasteiger partial charge in [-0.3, -0.25) is 14.5 Å². The van der Waals surface area contributed by atoms with Crippen LogP contribution in [0.4, 0.5) is 4.79 Å². The lowest BCUT2D eigenvalue weighted by Crippen LogP contribution is -2.59. The number of benzene rings is 1. The van der Waals surface area contributed by atoms with Crippen molar-refractivity contribution in [3.8, 4) is 0 Å². The summed E-state index contributed by atoms with van der Waals surface area (Å²) in [6.45, 7) is 0.461. The summed E-state index contributed by atoms with van der Waals surface area (Å²) >= 11 is 1.24. The van der Waals surface area contributed by atoms with Crippen LogP contribution in [0.25, 0.3) is 0 Å². The first kappa shape index (κ1) is 18.1. The summed E-state index contributed by atoms with van der Waals surface area (Å²) < 4.78 is 1.70. The van der Waals surface area contributed by atoms with Gasteiger partial charge >= 0.3 is 6.03 Å². The van der Waals surface area contributed by atoms with E-state index in [1.54, 1.807) is 18.7 Å². The fraction of sp³-hybridized carbons (Fsp3) is 0.353. The van der Waals surface area contributed by atoms with E-state index in [4.69, 9.17) is 0 Å². The van der Waals surface area contributed by atoms with E-state index in [1.807, 2.05) is 30.3 Å². The number of thioether (sulfide) groups is 1. The van der Waals surface area contributed by atoms with Crippen LogP contribution in [0.15, 0.2) is 35.3 Å². The van der Waals surface area contributed by atoms with Crippen LogP contribution in [0.3, 0.4) is 0 Å². The first-order valence-electron chi connectivity index (χ1n) is 8.07. The van der Waals surface area contributed by atoms with Crippen molar-refractivity contribution in [1.29, 1.82) is 0 Å². The van der Waals surface area contributed by atoms with Crippen molar-refractivity contribution in [3.63, 3.8) is 0 Å². The summed E-state index contributed by atoms with van der Waals surface area (Å²) in [5, 5.41) is 3.40. The van der Waals surface area contributed by atoms with Crippen LogP contribution in [0.1, 0.15) is 5.56 Å². The van der Waals surface area contributed by atoms with Crippen LogP contribution in [-0.2, 0) is 16.1 Å². The Kier molecular flexibility index (Phi) is 5.08. The number of hydrogen-bond acceptors (Lipinski definition) is 5. The zero-order chi connectivity index (χ0) is 18.8. The number of imide groups is 1. The summed E-state index contributed by atoms with van der Waals surface area (Å²) in [5.41, 5.74) is 1.02. The number of fused-ring (bicyclic) bond motifs is 1. The monoisotopic (exact) mass is 374 g/mol. The fourth-order valence-corrected chi connectivity index (χ4v) is 3.65. The summed E-state index contributed by atoms with van der Waals surface area (Å²) in [6.07, 6.45) is 0. The second-order valence-electron chi connectivity index (χ2n) is 6.02. The predicted molar refractivity (Wildman–Crippen MR) is 99.1 cm³/mol. The predicted octanol–water partition coefficient (Wildman–Crippen LogP) is 0.339. The molecule has 2 aliphatic heterocycles. The van der Waals surface area contributed by atoms with E-state index in [0.717, 1.165) is 10.5 Å². The van der Waals surface area contributed by atoms with Crippen molar-refractivity contribution in [3.05, 3.63) is 35.9 Å². The third kappa shape index (κ3) is 3.34. The van der Waals surface area contributed by atoms with Crippen LogP contribution in [-0.4, -0.2) is 76.2 Å². The van der Waals surface area contributed by atoms with Crippen LogP contribution < -0.4 is 5.32 Å². The highest BCUT2D eigenvalue weighted by molar-refractivity contribution is 8.13. The Balaban J connectivity index is 1.62. The molecule has 0 spiro atoms. The Morgan fingerprint density at radius 2 is 1.92 bits per heavy atom. The molecule has 8 nitrogen and oxygen atoms in total. The average Bonchev–Trinajstić information content (AvgIpc) is 2.98. The summed E-state index contributed by atoms with van der Waals surface area (Å²) in [7, 11) is 4.79. The molecule has 1 aromatic rings. The topological polar surface area (TPSA) is 85.1 Å². The molecule has 26 heavy (non-hydrogen) atoms. The maximum Gasteiger partial charge on any atom is 0.388 e. The number of carbonyl (C=O) groups is 3. The number of nitrogens with zero attached hydrogens (tertiary/aromatic N) is 4. The number of hydrogen-bond donors (Lipinski definition) is 1. The first-order valence-corrected chi connectivity index (χ1v) is 9.05. The van der Waals surface area contributed by atoms with Gasteiger partial charge < -0.3 is 5.32 Å². The van der Waals surface area contributed by atoms with E-state index in [0.29, 0.717) is 17.5 Å². The number of amidine groups is 2. The lowest BCUT2D eigenvalue weighted by molar-refractivity contribution is -0.367. The highest BCUT2D eigenvalue weighted by Gasteiger charge is 2.51. The van der Waals surface area contributed by atoms with Gasteiger partial charge in [0, 0.05) is 13.6 Å². The van der Waals surface area contributed by atoms with Gasteiger partial charge in [0.2, 0.25) is 5.91 Å². The Labute approximate surface area is 155 Å². The van der Waals surface area contributed by atoms with E-state index in [2.05, 4.69) is 10.3 Å². The second kappa shape index (κ2) is 7.28. The van der Waals surface area contributed by atoms with Gasteiger partial charge in [0.05, 0.1) is 19.8 Å². The molecule has 0 aromatic heterocycles. The van der Waals surface area contributed by atoms with Gasteiger partial charge in [-0.25, -0.2) is 14.3 Å². The molecule has 0 radical (unpaired) electrons. The Hall–Kier alpha value is -2.68. The molecule has 2 heterocycles. The van der Waals surface area contributed by atoms with Crippen LogP contribution >= 0.6 is 11.8 Å². The fourth-order valence-electron chi connectivity index (χ4n) is 2.82. The molecule has 4 amide bonds. The average molecular weight is 374 g/mol. The third-order valence-electron chi connectivity index (χ3n) is 4.26. The SMILES string of the molecule is CN1C(=O)C2N=C(SCC(=O)NCc3ccccc3)[N+](C)=C2N(C)C1=O. The van der Waals surface area contributed by atoms with Gasteiger partial charge in [-0.2, -0.15) is 0 Å². The van der Waals surface area contributed by atoms with Crippen molar-refractivity contribution >= 4 is 40.6 Å². The number of likely N-dealkylation sites (N-methyl/N-ethyl adjacent to an activating group) is 2. The number of aliphatic imine (C=N–C) groups is 1. The molecule has 0 saturated carbocycles. The molecular formula is C17H20N5O3S+. The van der Waals surface area contributed by atoms with Crippen molar-refractivity contribution in [2.75, 3.05) is 26.9 Å². The molecule has 1 atom stereocenters. The van der Waals surface area contributed by atoms with E-state index >= 15 is 0 Å². The quantitative estimate of drug-likeness (QED) is 0.770. The highest BCUT2D eigenvalue weighted by Crippen LogP contribution is 2.21. The van der Waals surface area contributed by atoms with Crippen molar-refractivity contribution in [1.82, 2.24) is 15.1 Å². The largest absolute Gasteiger partial charge is 0.388 e. The van der Waals surface area contributed by atoms with Gasteiger partial charge in [0.25, 0.3) is 23.0 Å². The molecule has 1 saturated heterocycles. The van der Waals surface area contributed by atoms with Gasteiger partial charge in [-0.1, -0.05) is 30.3 Å². The lowest BCUT2D eigenvalue weighted by atomic mass is 10.2. The van der Waals surface area contributed by atoms with E-state index in [9.17, 15) is 14.4 Å². The molecule has 2 aliphatic rings. The number of urea groups is 1. The standard InChI is InChI=1S/C17H19N5O3S/c1-20-14-13(15(24)22(3)17(25)21(14)2)19-16(20)26-10-12(23)18-9-11-7-5-4-6-8-11/h4-8,13H,9-10H2,1-3H3/p+1. The number of rotatable bonds is 4. The summed E-state index contributed by atoms with van der Waals surface area (Å²) in [4.78, 5) is 43.3. The van der Waals surface area contributed by atoms with Crippen LogP contribution in [0, 0.1) is 0 Å². The Morgan fingerprint density at radius 1 is 1.23 bits per heavy atom. The number of nitrogens with one attached hydrogen (secondary N) is 1. The zero-order valence-electron chi connectivity index (χ0n) is 14.8. The van der Waals surface area contributed by atoms with Crippen LogP contribution in [0.2, 0.25) is 0 Å². The molecule has 3 rings (SSSR count). The zero-order valence-corrected chi connectivity index (χ0v) is 15.6. The third-order valence-corrected chi connectivity index (χ3v) is 5.31. The molecule has 9 heteroatoms. The molecule has 0 aliphatic carbocycles. The van der Waals surface area contributed by atoms with Gasteiger partial charge in [-0.15, -0.1) is 4.99 Å². The summed E-state index contributed by atoms with van der Waals surface area (Å²) in [5.74, 6) is 0.213. The first-order chi connectivity index (χ1) is 12.4. The van der Waals surface area contributed by atoms with E-state index < -0.39 is 12.1 Å². The molecule has 1 N–H and O–H groups in total. The number of amides is 4. The van der Waals surface area contributed by atoms with Crippen molar-refractivity contribution < 1.29 is 19.0 Å². The van der Waals surface area contributed by atoms with Crippen molar-refractivity contribution in [2.45, 2.75) is 12.6 Å². The molecule has 1 unspecified atom stereocenters. The molecule has 1 fully saturated rings. The lowest BCUT2D eigenvalue weighted by Gasteiger charge is -2.27. The Morgan fingerprint density at radius 3 is 2.62 bits per heavy atom.